The number of hydrogen-bond donors (Lipinski definition) is 3. The molecule has 0 saturated heterocycles. The number of aliphatic hydroxyl groups excluding tert-OH is 1. The lowest BCUT2D eigenvalue weighted by atomic mass is 10.1. The van der Waals surface area contributed by atoms with Gasteiger partial charge in [0.2, 0.25) is 0 Å². The maximum atomic E-state index is 9.35. The van der Waals surface area contributed by atoms with Crippen LogP contribution in [0.2, 0.25) is 0 Å². The Morgan fingerprint density at radius 3 is 2.93 bits per heavy atom. The summed E-state index contributed by atoms with van der Waals surface area (Å²) in [6.07, 6.45) is 0.334. The molecule has 0 aliphatic heterocycles. The summed E-state index contributed by atoms with van der Waals surface area (Å²) in [6.45, 7) is 2.39. The number of nitriles is 1. The van der Waals surface area contributed by atoms with Gasteiger partial charge in [-0.2, -0.15) is 5.26 Å². The summed E-state index contributed by atoms with van der Waals surface area (Å²) in [5.74, 6) is 0. The van der Waals surface area contributed by atoms with Crippen LogP contribution in [0.3, 0.4) is 0 Å². The smallest absolute Gasteiger partial charge is 0.101 e. The first-order chi connectivity index (χ1) is 7.17. The van der Waals surface area contributed by atoms with Gasteiger partial charge >= 0.3 is 0 Å². The number of nitrogens with two attached hydrogens (primary N) is 1. The molecule has 0 aromatic heterocycles. The van der Waals surface area contributed by atoms with Crippen molar-refractivity contribution in [3.8, 4) is 6.07 Å². The summed E-state index contributed by atoms with van der Waals surface area (Å²) in [4.78, 5) is 0. The third-order valence-corrected chi connectivity index (χ3v) is 2.19. The van der Waals surface area contributed by atoms with Gasteiger partial charge in [-0.25, -0.2) is 0 Å². The van der Waals surface area contributed by atoms with Gasteiger partial charge in [-0.15, -0.1) is 0 Å². The number of hydrogen-bond acceptors (Lipinski definition) is 4. The molecule has 4 heteroatoms. The van der Waals surface area contributed by atoms with Crippen LogP contribution in [0.4, 0.5) is 11.4 Å². The van der Waals surface area contributed by atoms with E-state index in [1.165, 1.54) is 0 Å². The average molecular weight is 205 g/mol. The molecule has 15 heavy (non-hydrogen) atoms. The number of nitrogens with one attached hydrogen (secondary N) is 1. The summed E-state index contributed by atoms with van der Waals surface area (Å²) >= 11 is 0. The zero-order valence-corrected chi connectivity index (χ0v) is 8.70. The van der Waals surface area contributed by atoms with Crippen molar-refractivity contribution in [3.63, 3.8) is 0 Å². The predicted molar refractivity (Wildman–Crippen MR) is 60.4 cm³/mol. The van der Waals surface area contributed by atoms with Gasteiger partial charge in [0, 0.05) is 17.9 Å². The van der Waals surface area contributed by atoms with Crippen molar-refractivity contribution < 1.29 is 5.11 Å². The molecule has 1 aromatic rings. The molecular formula is C11H15N3O. The van der Waals surface area contributed by atoms with Gasteiger partial charge in [-0.1, -0.05) is 6.92 Å². The van der Waals surface area contributed by atoms with Crippen LogP contribution < -0.4 is 11.1 Å². The Kier molecular flexibility index (Phi) is 3.95. The largest absolute Gasteiger partial charge is 0.398 e. The molecule has 1 unspecified atom stereocenters. The minimum Gasteiger partial charge on any atom is -0.398 e. The van der Waals surface area contributed by atoms with Gasteiger partial charge in [0.15, 0.2) is 0 Å². The quantitative estimate of drug-likeness (QED) is 0.647. The van der Waals surface area contributed by atoms with Crippen LogP contribution in [-0.2, 0) is 0 Å². The number of benzene rings is 1. The average Bonchev–Trinajstić information content (AvgIpc) is 2.27. The molecule has 0 fully saturated rings. The fraction of sp³-hybridized carbons (Fsp3) is 0.364. The van der Waals surface area contributed by atoms with Gasteiger partial charge in [0.1, 0.15) is 6.07 Å². The molecule has 4 nitrogen and oxygen atoms in total. The number of anilines is 2. The van der Waals surface area contributed by atoms with Crippen LogP contribution in [0.25, 0.3) is 0 Å². The van der Waals surface area contributed by atoms with Gasteiger partial charge in [-0.05, 0) is 24.6 Å². The van der Waals surface area contributed by atoms with E-state index in [4.69, 9.17) is 11.0 Å². The zero-order valence-electron chi connectivity index (χ0n) is 8.70. The number of nitrogens with zero attached hydrogens (tertiary/aromatic N) is 1. The number of aliphatic hydroxyl groups is 1. The first kappa shape index (κ1) is 11.3. The monoisotopic (exact) mass is 205 g/mol. The molecule has 1 aromatic carbocycles. The highest BCUT2D eigenvalue weighted by Gasteiger charge is 2.02. The molecule has 0 radical (unpaired) electrons. The fourth-order valence-corrected chi connectivity index (χ4v) is 1.14. The lowest BCUT2D eigenvalue weighted by Crippen LogP contribution is -2.18. The maximum absolute atomic E-state index is 9.35. The summed E-state index contributed by atoms with van der Waals surface area (Å²) in [7, 11) is 0. The Labute approximate surface area is 89.3 Å². The Morgan fingerprint density at radius 1 is 1.60 bits per heavy atom. The molecule has 4 N–H and O–H groups in total. The van der Waals surface area contributed by atoms with E-state index in [9.17, 15) is 5.11 Å². The van der Waals surface area contributed by atoms with Gasteiger partial charge < -0.3 is 16.2 Å². The van der Waals surface area contributed by atoms with Crippen LogP contribution in [0, 0.1) is 11.3 Å². The Hall–Kier alpha value is -1.73. The Bertz CT molecular complexity index is 371. The Balaban J connectivity index is 2.67. The normalized spacial score (nSPS) is 11.8. The van der Waals surface area contributed by atoms with Crippen LogP contribution in [-0.4, -0.2) is 17.8 Å². The Morgan fingerprint density at radius 2 is 2.33 bits per heavy atom. The van der Waals surface area contributed by atoms with E-state index in [0.717, 1.165) is 5.69 Å². The highest BCUT2D eigenvalue weighted by Crippen LogP contribution is 2.16. The summed E-state index contributed by atoms with van der Waals surface area (Å²) in [5.41, 5.74) is 7.30. The van der Waals surface area contributed by atoms with E-state index in [-0.39, 0.29) is 6.10 Å². The minimum absolute atomic E-state index is 0.368. The van der Waals surface area contributed by atoms with Crippen molar-refractivity contribution in [2.45, 2.75) is 19.4 Å². The van der Waals surface area contributed by atoms with E-state index in [0.29, 0.717) is 24.2 Å². The first-order valence-electron chi connectivity index (χ1n) is 4.89. The second-order valence-corrected chi connectivity index (χ2v) is 3.36. The van der Waals surface area contributed by atoms with Crippen LogP contribution in [0.1, 0.15) is 18.9 Å². The molecule has 0 aliphatic rings. The minimum atomic E-state index is -0.368. The van der Waals surface area contributed by atoms with E-state index >= 15 is 0 Å². The molecule has 0 bridgehead atoms. The lowest BCUT2D eigenvalue weighted by molar-refractivity contribution is 0.183. The third-order valence-electron chi connectivity index (χ3n) is 2.19. The second-order valence-electron chi connectivity index (χ2n) is 3.36. The van der Waals surface area contributed by atoms with E-state index in [1.807, 2.05) is 13.0 Å². The third kappa shape index (κ3) is 3.15. The lowest BCUT2D eigenvalue weighted by Gasteiger charge is -2.11. The fourth-order valence-electron chi connectivity index (χ4n) is 1.14. The summed E-state index contributed by atoms with van der Waals surface area (Å²) < 4.78 is 0. The van der Waals surface area contributed by atoms with Crippen LogP contribution in [0.15, 0.2) is 18.2 Å². The van der Waals surface area contributed by atoms with Crippen LogP contribution in [0.5, 0.6) is 0 Å². The topological polar surface area (TPSA) is 82.1 Å². The molecule has 1 rings (SSSR count). The van der Waals surface area contributed by atoms with Crippen LogP contribution >= 0.6 is 0 Å². The molecular weight excluding hydrogens is 190 g/mol. The van der Waals surface area contributed by atoms with Gasteiger partial charge in [0.05, 0.1) is 11.7 Å². The standard InChI is InChI=1S/C11H15N3O/c1-2-10(15)7-14-9-3-4-11(13)8(5-9)6-12/h3-5,10,14-15H,2,7,13H2,1H3. The van der Waals surface area contributed by atoms with Crippen molar-refractivity contribution in [1.29, 1.82) is 5.26 Å². The highest BCUT2D eigenvalue weighted by atomic mass is 16.3. The molecule has 80 valence electrons. The molecule has 0 amide bonds. The number of rotatable bonds is 4. The molecule has 0 saturated carbocycles. The van der Waals surface area contributed by atoms with Crippen molar-refractivity contribution in [3.05, 3.63) is 23.8 Å². The van der Waals surface area contributed by atoms with Crippen molar-refractivity contribution >= 4 is 11.4 Å². The van der Waals surface area contributed by atoms with Crippen molar-refractivity contribution in [1.82, 2.24) is 0 Å². The van der Waals surface area contributed by atoms with Gasteiger partial charge in [-0.3, -0.25) is 0 Å². The predicted octanol–water partition coefficient (Wildman–Crippen LogP) is 1.32. The van der Waals surface area contributed by atoms with Crippen molar-refractivity contribution in [2.75, 3.05) is 17.6 Å². The SMILES string of the molecule is CCC(O)CNc1ccc(N)c(C#N)c1. The zero-order chi connectivity index (χ0) is 11.3. The van der Waals surface area contributed by atoms with E-state index in [1.54, 1.807) is 18.2 Å². The second kappa shape index (κ2) is 5.23. The molecule has 0 aliphatic carbocycles. The van der Waals surface area contributed by atoms with E-state index in [2.05, 4.69) is 5.32 Å². The van der Waals surface area contributed by atoms with Gasteiger partial charge in [0.25, 0.3) is 0 Å². The molecule has 1 atom stereocenters. The maximum Gasteiger partial charge on any atom is 0.101 e. The van der Waals surface area contributed by atoms with Crippen molar-refractivity contribution in [2.24, 2.45) is 0 Å². The summed E-state index contributed by atoms with van der Waals surface area (Å²) in [5, 5.41) is 21.1. The first-order valence-corrected chi connectivity index (χ1v) is 4.89. The summed E-state index contributed by atoms with van der Waals surface area (Å²) in [6, 6.07) is 7.16. The highest BCUT2D eigenvalue weighted by molar-refractivity contribution is 5.61. The molecule has 0 spiro atoms. The molecule has 0 heterocycles. The number of nitrogen functional groups attached to an aromatic ring is 1. The van der Waals surface area contributed by atoms with E-state index < -0.39 is 0 Å².